The quantitative estimate of drug-likeness (QED) is 0.783. The number of rotatable bonds is 3. The number of carbonyl (C=O) groups is 1. The van der Waals surface area contributed by atoms with Gasteiger partial charge in [0.2, 0.25) is 0 Å². The van der Waals surface area contributed by atoms with Gasteiger partial charge in [0.15, 0.2) is 12.0 Å². The molecule has 0 atom stereocenters. The Morgan fingerprint density at radius 2 is 2.18 bits per heavy atom. The van der Waals surface area contributed by atoms with E-state index in [4.69, 9.17) is 4.42 Å². The molecule has 4 nitrogen and oxygen atoms in total. The average Bonchev–Trinajstić information content (AvgIpc) is 2.80. The second kappa shape index (κ2) is 5.23. The van der Waals surface area contributed by atoms with Crippen molar-refractivity contribution < 1.29 is 9.21 Å². The third kappa shape index (κ3) is 2.44. The largest absolute Gasteiger partial charge is 0.443 e. The molecule has 0 aliphatic rings. The monoisotopic (exact) mass is 250 g/mol. The van der Waals surface area contributed by atoms with Gasteiger partial charge in [0.25, 0.3) is 5.24 Å². The molecule has 2 aromatic rings. The molecule has 0 aliphatic heterocycles. The lowest BCUT2D eigenvalue weighted by Gasteiger charge is -2.17. The summed E-state index contributed by atoms with van der Waals surface area (Å²) in [5.41, 5.74) is 1.46. The van der Waals surface area contributed by atoms with Gasteiger partial charge in [-0.1, -0.05) is 6.07 Å². The molecule has 0 fully saturated rings. The average molecular weight is 250 g/mol. The van der Waals surface area contributed by atoms with Crippen molar-refractivity contribution in [2.75, 3.05) is 13.1 Å². The first-order chi connectivity index (χ1) is 8.26. The van der Waals surface area contributed by atoms with Crippen LogP contribution in [-0.4, -0.2) is 28.2 Å². The number of hydrogen-bond donors (Lipinski definition) is 0. The number of benzene rings is 1. The van der Waals surface area contributed by atoms with Crippen molar-refractivity contribution in [1.29, 1.82) is 0 Å². The molecule has 0 spiro atoms. The van der Waals surface area contributed by atoms with Gasteiger partial charge < -0.3 is 9.32 Å². The minimum absolute atomic E-state index is 0.0468. The molecule has 0 saturated heterocycles. The first-order valence-electron chi connectivity index (χ1n) is 5.55. The summed E-state index contributed by atoms with van der Waals surface area (Å²) in [5, 5.41) is 0.0468. The zero-order valence-corrected chi connectivity index (χ0v) is 10.7. The first-order valence-corrected chi connectivity index (χ1v) is 6.36. The Bertz CT molecular complexity index is 520. The molecule has 5 heteroatoms. The van der Waals surface area contributed by atoms with Crippen LogP contribution in [-0.2, 0) is 0 Å². The Morgan fingerprint density at radius 1 is 1.41 bits per heavy atom. The van der Waals surface area contributed by atoms with Crippen LogP contribution in [0.5, 0.6) is 0 Å². The van der Waals surface area contributed by atoms with E-state index in [9.17, 15) is 4.79 Å². The fourth-order valence-corrected chi connectivity index (χ4v) is 2.56. The lowest BCUT2D eigenvalue weighted by molar-refractivity contribution is 0.228. The van der Waals surface area contributed by atoms with Crippen molar-refractivity contribution >= 4 is 28.1 Å². The number of fused-ring (bicyclic) bond motifs is 1. The number of amides is 1. The highest BCUT2D eigenvalue weighted by atomic mass is 32.2. The van der Waals surface area contributed by atoms with E-state index < -0.39 is 0 Å². The molecule has 0 N–H and O–H groups in total. The molecule has 17 heavy (non-hydrogen) atoms. The van der Waals surface area contributed by atoms with E-state index in [2.05, 4.69) is 4.98 Å². The van der Waals surface area contributed by atoms with E-state index >= 15 is 0 Å². The summed E-state index contributed by atoms with van der Waals surface area (Å²) < 4.78 is 5.20. The van der Waals surface area contributed by atoms with Gasteiger partial charge in [0.1, 0.15) is 5.52 Å². The van der Waals surface area contributed by atoms with Gasteiger partial charge in [-0.3, -0.25) is 4.79 Å². The topological polar surface area (TPSA) is 46.3 Å². The van der Waals surface area contributed by atoms with Crippen LogP contribution in [0.15, 0.2) is 33.9 Å². The molecule has 0 radical (unpaired) electrons. The number of aromatic nitrogens is 1. The van der Waals surface area contributed by atoms with Crippen LogP contribution in [0.4, 0.5) is 4.79 Å². The summed E-state index contributed by atoms with van der Waals surface area (Å²) in [5.74, 6) is 0. The number of oxazole rings is 1. The van der Waals surface area contributed by atoms with Gasteiger partial charge in [0.05, 0.1) is 0 Å². The minimum atomic E-state index is 0.0468. The van der Waals surface area contributed by atoms with E-state index in [0.717, 1.165) is 23.5 Å². The molecule has 0 unspecified atom stereocenters. The van der Waals surface area contributed by atoms with Gasteiger partial charge in [0, 0.05) is 18.0 Å². The maximum Gasteiger partial charge on any atom is 0.286 e. The van der Waals surface area contributed by atoms with Gasteiger partial charge in [-0.25, -0.2) is 4.98 Å². The van der Waals surface area contributed by atoms with Crippen LogP contribution >= 0.6 is 11.8 Å². The number of para-hydroxylation sites is 1. The molecule has 0 bridgehead atoms. The van der Waals surface area contributed by atoms with Crippen LogP contribution in [0.1, 0.15) is 13.8 Å². The summed E-state index contributed by atoms with van der Waals surface area (Å²) in [6, 6.07) is 5.59. The second-order valence-electron chi connectivity index (χ2n) is 3.50. The van der Waals surface area contributed by atoms with Crippen LogP contribution in [0.3, 0.4) is 0 Å². The van der Waals surface area contributed by atoms with E-state index in [1.807, 2.05) is 32.0 Å². The van der Waals surface area contributed by atoms with Crippen molar-refractivity contribution in [3.05, 3.63) is 24.6 Å². The maximum atomic E-state index is 12.0. The van der Waals surface area contributed by atoms with E-state index in [1.165, 1.54) is 18.2 Å². The Morgan fingerprint density at radius 3 is 2.88 bits per heavy atom. The normalized spacial score (nSPS) is 10.7. The maximum absolute atomic E-state index is 12.0. The molecule has 1 heterocycles. The highest BCUT2D eigenvalue weighted by molar-refractivity contribution is 8.13. The first kappa shape index (κ1) is 12.0. The van der Waals surface area contributed by atoms with Crippen molar-refractivity contribution in [3.63, 3.8) is 0 Å². The van der Waals surface area contributed by atoms with Crippen molar-refractivity contribution in [3.8, 4) is 0 Å². The van der Waals surface area contributed by atoms with Crippen LogP contribution in [0.25, 0.3) is 11.1 Å². The van der Waals surface area contributed by atoms with Crippen molar-refractivity contribution in [2.24, 2.45) is 0 Å². The molecule has 2 rings (SSSR count). The third-order valence-corrected chi connectivity index (χ3v) is 3.52. The molecule has 1 amide bonds. The second-order valence-corrected chi connectivity index (χ2v) is 4.49. The Kier molecular flexibility index (Phi) is 3.68. The van der Waals surface area contributed by atoms with E-state index in [1.54, 1.807) is 4.90 Å². The number of hydrogen-bond acceptors (Lipinski definition) is 4. The molecule has 1 aromatic carbocycles. The van der Waals surface area contributed by atoms with Gasteiger partial charge in [-0.2, -0.15) is 0 Å². The summed E-state index contributed by atoms with van der Waals surface area (Å²) in [7, 11) is 0. The summed E-state index contributed by atoms with van der Waals surface area (Å²) in [4.78, 5) is 18.7. The summed E-state index contributed by atoms with van der Waals surface area (Å²) in [6.07, 6.45) is 1.40. The molecular weight excluding hydrogens is 236 g/mol. The highest BCUT2D eigenvalue weighted by Crippen LogP contribution is 2.28. The number of nitrogens with zero attached hydrogens (tertiary/aromatic N) is 2. The van der Waals surface area contributed by atoms with Crippen LogP contribution < -0.4 is 0 Å². The van der Waals surface area contributed by atoms with E-state index in [-0.39, 0.29) is 5.24 Å². The highest BCUT2D eigenvalue weighted by Gasteiger charge is 2.14. The number of carbonyl (C=O) groups excluding carboxylic acids is 1. The molecular formula is C12H14N2O2S. The Balaban J connectivity index is 2.23. The fraction of sp³-hybridized carbons (Fsp3) is 0.333. The molecule has 1 aromatic heterocycles. The smallest absolute Gasteiger partial charge is 0.286 e. The SMILES string of the molecule is CCN(CC)C(=O)Sc1cccc2ocnc12. The summed E-state index contributed by atoms with van der Waals surface area (Å²) in [6.45, 7) is 5.38. The van der Waals surface area contributed by atoms with E-state index in [0.29, 0.717) is 5.58 Å². The van der Waals surface area contributed by atoms with Crippen LogP contribution in [0, 0.1) is 0 Å². The molecule has 0 saturated carbocycles. The zero-order chi connectivity index (χ0) is 12.3. The lowest BCUT2D eigenvalue weighted by Crippen LogP contribution is -2.26. The van der Waals surface area contributed by atoms with Crippen LogP contribution in [0.2, 0.25) is 0 Å². The van der Waals surface area contributed by atoms with Gasteiger partial charge >= 0.3 is 0 Å². The van der Waals surface area contributed by atoms with Gasteiger partial charge in [-0.15, -0.1) is 0 Å². The fourth-order valence-electron chi connectivity index (χ4n) is 1.58. The third-order valence-electron chi connectivity index (χ3n) is 2.54. The zero-order valence-electron chi connectivity index (χ0n) is 9.84. The minimum Gasteiger partial charge on any atom is -0.443 e. The van der Waals surface area contributed by atoms with Crippen molar-refractivity contribution in [1.82, 2.24) is 9.88 Å². The number of thioether (sulfide) groups is 1. The lowest BCUT2D eigenvalue weighted by atomic mass is 10.3. The predicted octanol–water partition coefficient (Wildman–Crippen LogP) is 3.38. The predicted molar refractivity (Wildman–Crippen MR) is 68.2 cm³/mol. The summed E-state index contributed by atoms with van der Waals surface area (Å²) >= 11 is 1.20. The molecule has 90 valence electrons. The Hall–Kier alpha value is -1.49. The van der Waals surface area contributed by atoms with Crippen molar-refractivity contribution in [2.45, 2.75) is 18.7 Å². The van der Waals surface area contributed by atoms with Gasteiger partial charge in [-0.05, 0) is 37.7 Å². The standard InChI is InChI=1S/C12H14N2O2S/c1-3-14(4-2)12(15)17-10-7-5-6-9-11(10)13-8-16-9/h5-8H,3-4H2,1-2H3. The Labute approximate surface area is 104 Å². The molecule has 0 aliphatic carbocycles.